The monoisotopic (exact) mass is 453 g/mol. The first-order valence-electron chi connectivity index (χ1n) is 10.2. The van der Waals surface area contributed by atoms with Crippen LogP contribution in [0.3, 0.4) is 0 Å². The van der Waals surface area contributed by atoms with Gasteiger partial charge in [0.15, 0.2) is 0 Å². The van der Waals surface area contributed by atoms with Crippen LogP contribution in [0.5, 0.6) is 5.75 Å². The Kier molecular flexibility index (Phi) is 11.4. The van der Waals surface area contributed by atoms with Gasteiger partial charge in [-0.25, -0.2) is 0 Å². The van der Waals surface area contributed by atoms with Gasteiger partial charge in [-0.15, -0.1) is 0 Å². The molecule has 1 aromatic rings. The van der Waals surface area contributed by atoms with Gasteiger partial charge in [0.1, 0.15) is 0 Å². The molecule has 1 rings (SSSR count). The van der Waals surface area contributed by atoms with E-state index in [0.29, 0.717) is 0 Å². The van der Waals surface area contributed by atoms with Crippen LogP contribution < -0.4 is 10.1 Å². The fraction of sp³-hybridized carbons (Fsp3) is 0.636. The van der Waals surface area contributed by atoms with E-state index in [4.69, 9.17) is 4.74 Å². The second-order valence-electron chi connectivity index (χ2n) is 7.28. The Hall–Kier alpha value is -0.641. The predicted octanol–water partition coefficient (Wildman–Crippen LogP) is 7.05. The summed E-state index contributed by atoms with van der Waals surface area (Å²) >= 11 is -2.30. The maximum atomic E-state index is 5.25. The average molecular weight is 452 g/mol. The molecule has 142 valence electrons. The van der Waals surface area contributed by atoms with Crippen LogP contribution in [-0.2, 0) is 0 Å². The number of hydrogen-bond acceptors (Lipinski definition) is 2. The zero-order valence-corrected chi connectivity index (χ0v) is 19.8. The molecule has 3 heteroatoms. The van der Waals surface area contributed by atoms with Crippen molar-refractivity contribution in [2.24, 2.45) is 0 Å². The molecule has 0 heterocycles. The van der Waals surface area contributed by atoms with Gasteiger partial charge in [0.2, 0.25) is 0 Å². The summed E-state index contributed by atoms with van der Waals surface area (Å²) in [6.45, 7) is 12.6. The Bertz CT molecular complexity index is 462. The predicted molar refractivity (Wildman–Crippen MR) is 116 cm³/mol. The topological polar surface area (TPSA) is 21.3 Å². The molecule has 2 nitrogen and oxygen atoms in total. The van der Waals surface area contributed by atoms with E-state index < -0.39 is 18.4 Å². The van der Waals surface area contributed by atoms with Crippen LogP contribution in [-0.4, -0.2) is 32.0 Å². The number of anilines is 1. The van der Waals surface area contributed by atoms with Gasteiger partial charge in [-0.2, -0.15) is 0 Å². The Morgan fingerprint density at radius 3 is 1.80 bits per heavy atom. The standard InChI is InChI=1S/C10H12NO.3C4H9.Sn/c1-3-8-11-9-4-6-10(12-2)7-5-9;3*1-3-4-2;/h4-7,11H,1,8H2,2H3;3*1,3-4H2,2H3;. The van der Waals surface area contributed by atoms with Gasteiger partial charge in [-0.05, 0) is 0 Å². The molecule has 0 saturated heterocycles. The molecule has 25 heavy (non-hydrogen) atoms. The van der Waals surface area contributed by atoms with Crippen molar-refractivity contribution in [2.45, 2.75) is 72.6 Å². The quantitative estimate of drug-likeness (QED) is 0.306. The molecular formula is C22H39NOSn. The van der Waals surface area contributed by atoms with Crippen LogP contribution in [0.4, 0.5) is 5.69 Å². The summed E-state index contributed by atoms with van der Waals surface area (Å²) in [6.07, 6.45) is 8.13. The average Bonchev–Trinajstić information content (AvgIpc) is 2.66. The molecule has 0 aliphatic carbocycles. The zero-order chi connectivity index (χ0) is 18.5. The van der Waals surface area contributed by atoms with Crippen LogP contribution in [0.2, 0.25) is 13.3 Å². The van der Waals surface area contributed by atoms with Gasteiger partial charge in [-0.3, -0.25) is 0 Å². The summed E-state index contributed by atoms with van der Waals surface area (Å²) in [5, 5.41) is 3.63. The van der Waals surface area contributed by atoms with E-state index in [1.54, 1.807) is 10.7 Å². The third-order valence-corrected chi connectivity index (χ3v) is 21.4. The van der Waals surface area contributed by atoms with Crippen LogP contribution in [0, 0.1) is 0 Å². The second-order valence-corrected chi connectivity index (χ2v) is 20.9. The fourth-order valence-corrected chi connectivity index (χ4v) is 18.9. The molecule has 0 saturated carbocycles. The van der Waals surface area contributed by atoms with Crippen molar-refractivity contribution < 1.29 is 4.74 Å². The van der Waals surface area contributed by atoms with Crippen molar-refractivity contribution in [3.05, 3.63) is 34.4 Å². The van der Waals surface area contributed by atoms with E-state index in [0.717, 1.165) is 12.3 Å². The first-order valence-corrected chi connectivity index (χ1v) is 17.7. The molecular weight excluding hydrogens is 413 g/mol. The molecule has 0 radical (unpaired) electrons. The van der Waals surface area contributed by atoms with Crippen LogP contribution in [0.15, 0.2) is 34.4 Å². The van der Waals surface area contributed by atoms with Gasteiger partial charge in [0, 0.05) is 0 Å². The normalized spacial score (nSPS) is 11.4. The molecule has 0 unspecified atom stereocenters. The Morgan fingerprint density at radius 2 is 1.40 bits per heavy atom. The third-order valence-electron chi connectivity index (χ3n) is 5.37. The number of unbranched alkanes of at least 4 members (excludes halogenated alkanes) is 3. The first kappa shape index (κ1) is 22.4. The summed E-state index contributed by atoms with van der Waals surface area (Å²) < 4.78 is 11.3. The fourth-order valence-electron chi connectivity index (χ4n) is 3.56. The molecule has 0 aliphatic heterocycles. The molecule has 0 atom stereocenters. The molecule has 0 spiro atoms. The van der Waals surface area contributed by atoms with Gasteiger partial charge < -0.3 is 0 Å². The van der Waals surface area contributed by atoms with Crippen LogP contribution in [0.1, 0.15) is 59.3 Å². The number of hydrogen-bond donors (Lipinski definition) is 1. The third kappa shape index (κ3) is 7.64. The number of methoxy groups -OCH3 is 1. The van der Waals surface area contributed by atoms with Gasteiger partial charge in [0.05, 0.1) is 0 Å². The number of nitrogens with one attached hydrogen (secondary N) is 1. The molecule has 0 amide bonds. The number of ether oxygens (including phenoxy) is 1. The van der Waals surface area contributed by atoms with Crippen LogP contribution in [0.25, 0.3) is 0 Å². The van der Waals surface area contributed by atoms with Gasteiger partial charge in [0.25, 0.3) is 0 Å². The summed E-state index contributed by atoms with van der Waals surface area (Å²) in [7, 11) is 1.71. The maximum absolute atomic E-state index is 5.25. The minimum atomic E-state index is -2.30. The van der Waals surface area contributed by atoms with Crippen molar-refractivity contribution >= 4 is 24.1 Å². The Balaban J connectivity index is 2.79. The molecule has 0 aliphatic rings. The van der Waals surface area contributed by atoms with Crippen molar-refractivity contribution in [2.75, 3.05) is 19.0 Å². The van der Waals surface area contributed by atoms with Crippen molar-refractivity contribution in [3.63, 3.8) is 0 Å². The van der Waals surface area contributed by atoms with Gasteiger partial charge in [-0.1, -0.05) is 0 Å². The van der Waals surface area contributed by atoms with E-state index in [9.17, 15) is 0 Å². The first-order chi connectivity index (χ1) is 12.1. The molecule has 0 bridgehead atoms. The summed E-state index contributed by atoms with van der Waals surface area (Å²) in [5.74, 6) is 0.909. The van der Waals surface area contributed by atoms with Crippen molar-refractivity contribution in [1.29, 1.82) is 0 Å². The zero-order valence-electron chi connectivity index (χ0n) is 17.0. The van der Waals surface area contributed by atoms with E-state index >= 15 is 0 Å². The van der Waals surface area contributed by atoms with E-state index in [1.807, 2.05) is 12.1 Å². The summed E-state index contributed by atoms with van der Waals surface area (Å²) in [5.41, 5.74) is 1.17. The molecule has 1 aromatic carbocycles. The molecule has 0 aromatic heterocycles. The van der Waals surface area contributed by atoms with Crippen molar-refractivity contribution in [1.82, 2.24) is 0 Å². The van der Waals surface area contributed by atoms with E-state index in [1.165, 1.54) is 57.5 Å². The van der Waals surface area contributed by atoms with Gasteiger partial charge >= 0.3 is 161 Å². The van der Waals surface area contributed by atoms with E-state index in [-0.39, 0.29) is 0 Å². The summed E-state index contributed by atoms with van der Waals surface area (Å²) in [6, 6.07) is 8.25. The molecule has 1 N–H and O–H groups in total. The second kappa shape index (κ2) is 12.7. The Labute approximate surface area is 160 Å². The van der Waals surface area contributed by atoms with Crippen molar-refractivity contribution in [3.8, 4) is 5.75 Å². The minimum absolute atomic E-state index is 0.909. The number of benzene rings is 1. The summed E-state index contributed by atoms with van der Waals surface area (Å²) in [4.78, 5) is 0. The SMILES string of the molecule is C=[C](CNc1ccc(OC)cc1)[Sn]([CH2]CCC)([CH2]CCC)[CH2]CCC. The molecule has 0 fully saturated rings. The number of rotatable bonds is 14. The van der Waals surface area contributed by atoms with E-state index in [2.05, 4.69) is 44.8 Å². The Morgan fingerprint density at radius 1 is 0.920 bits per heavy atom. The van der Waals surface area contributed by atoms with Crippen LogP contribution >= 0.6 is 0 Å².